The van der Waals surface area contributed by atoms with Crippen LogP contribution < -0.4 is 0 Å². The van der Waals surface area contributed by atoms with Gasteiger partial charge in [-0.25, -0.2) is 0 Å². The molecule has 1 aliphatic carbocycles. The van der Waals surface area contributed by atoms with E-state index in [1.54, 1.807) is 0 Å². The highest BCUT2D eigenvalue weighted by molar-refractivity contribution is 5.73. The first kappa shape index (κ1) is 9.97. The molecule has 1 saturated carbocycles. The van der Waals surface area contributed by atoms with E-state index in [1.165, 1.54) is 13.5 Å². The van der Waals surface area contributed by atoms with E-state index >= 15 is 0 Å². The number of carbonyl (C=O) groups excluding carboxylic acids is 1. The van der Waals surface area contributed by atoms with Gasteiger partial charge in [-0.3, -0.25) is 4.79 Å². The number of esters is 1. The Kier molecular flexibility index (Phi) is 2.77. The maximum absolute atomic E-state index is 11.5. The summed E-state index contributed by atoms with van der Waals surface area (Å²) in [5, 5.41) is 0. The van der Waals surface area contributed by atoms with E-state index in [-0.39, 0.29) is 11.9 Å². The van der Waals surface area contributed by atoms with Gasteiger partial charge < -0.3 is 9.47 Å². The third-order valence-electron chi connectivity index (χ3n) is 3.86. The van der Waals surface area contributed by atoms with Crippen LogP contribution in [0.25, 0.3) is 0 Å². The average Bonchev–Trinajstić information content (AvgIpc) is 2.59. The Labute approximate surface area is 84.8 Å². The summed E-state index contributed by atoms with van der Waals surface area (Å²) in [6, 6.07) is 0. The molecule has 3 unspecified atom stereocenters. The summed E-state index contributed by atoms with van der Waals surface area (Å²) in [4.78, 5) is 11.5. The summed E-state index contributed by atoms with van der Waals surface area (Å²) >= 11 is 0. The van der Waals surface area contributed by atoms with Gasteiger partial charge in [-0.1, -0.05) is 13.3 Å². The average molecular weight is 198 g/mol. The van der Waals surface area contributed by atoms with E-state index in [4.69, 9.17) is 9.47 Å². The molecule has 2 aliphatic rings. The first-order valence-electron chi connectivity index (χ1n) is 5.39. The number of carbonyl (C=O) groups is 1. The standard InChI is InChI=1S/C11H18O3/c1-7-3-4-8-9(7)5-14-6-10(8)11(12)13-2/h7-10H,3-6H2,1-2H3/t7-,8?,9?,10?/m0/s1. The number of ether oxygens (including phenoxy) is 2. The Morgan fingerprint density at radius 2 is 2.07 bits per heavy atom. The number of hydrogen-bond acceptors (Lipinski definition) is 3. The van der Waals surface area contributed by atoms with Crippen molar-refractivity contribution in [2.75, 3.05) is 20.3 Å². The Bertz CT molecular complexity index is 227. The molecule has 2 fully saturated rings. The zero-order valence-corrected chi connectivity index (χ0v) is 8.86. The van der Waals surface area contributed by atoms with Gasteiger partial charge in [0, 0.05) is 6.61 Å². The minimum Gasteiger partial charge on any atom is -0.469 e. The second-order valence-electron chi connectivity index (χ2n) is 4.55. The van der Waals surface area contributed by atoms with Crippen molar-refractivity contribution >= 4 is 5.97 Å². The highest BCUT2D eigenvalue weighted by Crippen LogP contribution is 2.44. The molecule has 14 heavy (non-hydrogen) atoms. The number of hydrogen-bond donors (Lipinski definition) is 0. The molecule has 0 radical (unpaired) electrons. The van der Waals surface area contributed by atoms with Crippen molar-refractivity contribution in [3.05, 3.63) is 0 Å². The monoisotopic (exact) mass is 198 g/mol. The zero-order valence-electron chi connectivity index (χ0n) is 8.86. The Hall–Kier alpha value is -0.570. The third-order valence-corrected chi connectivity index (χ3v) is 3.86. The van der Waals surface area contributed by atoms with Gasteiger partial charge >= 0.3 is 5.97 Å². The van der Waals surface area contributed by atoms with Crippen molar-refractivity contribution in [3.8, 4) is 0 Å². The molecule has 1 heterocycles. The molecule has 0 spiro atoms. The van der Waals surface area contributed by atoms with Gasteiger partial charge in [0.2, 0.25) is 0 Å². The lowest BCUT2D eigenvalue weighted by atomic mass is 9.80. The van der Waals surface area contributed by atoms with Gasteiger partial charge in [-0.2, -0.15) is 0 Å². The van der Waals surface area contributed by atoms with Crippen LogP contribution in [0.4, 0.5) is 0 Å². The van der Waals surface area contributed by atoms with E-state index in [1.807, 2.05) is 0 Å². The van der Waals surface area contributed by atoms with Crippen molar-refractivity contribution < 1.29 is 14.3 Å². The Balaban J connectivity index is 2.08. The fraction of sp³-hybridized carbons (Fsp3) is 0.909. The lowest BCUT2D eigenvalue weighted by molar-refractivity contribution is -0.155. The van der Waals surface area contributed by atoms with E-state index < -0.39 is 0 Å². The molecular weight excluding hydrogens is 180 g/mol. The van der Waals surface area contributed by atoms with Crippen molar-refractivity contribution in [2.45, 2.75) is 19.8 Å². The quantitative estimate of drug-likeness (QED) is 0.598. The summed E-state index contributed by atoms with van der Waals surface area (Å²) in [5.41, 5.74) is 0. The second-order valence-corrected chi connectivity index (χ2v) is 4.55. The normalized spacial score (nSPS) is 41.9. The molecule has 4 atom stereocenters. The maximum Gasteiger partial charge on any atom is 0.311 e. The molecule has 0 aromatic heterocycles. The van der Waals surface area contributed by atoms with Crippen LogP contribution in [0.3, 0.4) is 0 Å². The minimum atomic E-state index is -0.0891. The molecule has 80 valence electrons. The number of fused-ring (bicyclic) bond motifs is 1. The summed E-state index contributed by atoms with van der Waals surface area (Å²) in [7, 11) is 1.46. The van der Waals surface area contributed by atoms with Crippen LogP contribution in [0.5, 0.6) is 0 Å². The van der Waals surface area contributed by atoms with Gasteiger partial charge in [-0.15, -0.1) is 0 Å². The summed E-state index contributed by atoms with van der Waals surface area (Å²) < 4.78 is 10.3. The van der Waals surface area contributed by atoms with Gasteiger partial charge in [0.15, 0.2) is 0 Å². The highest BCUT2D eigenvalue weighted by atomic mass is 16.5. The van der Waals surface area contributed by atoms with E-state index in [0.29, 0.717) is 24.4 Å². The van der Waals surface area contributed by atoms with Gasteiger partial charge in [0.1, 0.15) is 0 Å². The first-order chi connectivity index (χ1) is 6.74. The highest BCUT2D eigenvalue weighted by Gasteiger charge is 2.44. The fourth-order valence-corrected chi connectivity index (χ4v) is 2.94. The molecule has 2 rings (SSSR count). The van der Waals surface area contributed by atoms with E-state index in [2.05, 4.69) is 6.92 Å². The van der Waals surface area contributed by atoms with Crippen LogP contribution in [0.15, 0.2) is 0 Å². The topological polar surface area (TPSA) is 35.5 Å². The van der Waals surface area contributed by atoms with Gasteiger partial charge in [0.25, 0.3) is 0 Å². The van der Waals surface area contributed by atoms with Crippen molar-refractivity contribution in [1.82, 2.24) is 0 Å². The second kappa shape index (κ2) is 3.89. The van der Waals surface area contributed by atoms with Gasteiger partial charge in [-0.05, 0) is 24.2 Å². The number of methoxy groups -OCH3 is 1. The van der Waals surface area contributed by atoms with Crippen molar-refractivity contribution in [2.24, 2.45) is 23.7 Å². The predicted molar refractivity (Wildman–Crippen MR) is 51.7 cm³/mol. The maximum atomic E-state index is 11.5. The third kappa shape index (κ3) is 1.54. The molecule has 0 bridgehead atoms. The van der Waals surface area contributed by atoms with Crippen LogP contribution in [0.2, 0.25) is 0 Å². The largest absolute Gasteiger partial charge is 0.469 e. The molecule has 0 aromatic rings. The van der Waals surface area contributed by atoms with E-state index in [9.17, 15) is 4.79 Å². The lowest BCUT2D eigenvalue weighted by Gasteiger charge is -2.33. The zero-order chi connectivity index (χ0) is 10.1. The van der Waals surface area contributed by atoms with Crippen molar-refractivity contribution in [3.63, 3.8) is 0 Å². The summed E-state index contributed by atoms with van der Waals surface area (Å²) in [6.07, 6.45) is 2.39. The van der Waals surface area contributed by atoms with Crippen LogP contribution in [-0.4, -0.2) is 26.3 Å². The molecule has 1 aliphatic heterocycles. The first-order valence-corrected chi connectivity index (χ1v) is 5.39. The van der Waals surface area contributed by atoms with Crippen LogP contribution >= 0.6 is 0 Å². The molecule has 3 heteroatoms. The SMILES string of the molecule is COC(=O)C1COCC2C1CC[C@@H]2C. The Morgan fingerprint density at radius 3 is 2.79 bits per heavy atom. The molecule has 3 nitrogen and oxygen atoms in total. The van der Waals surface area contributed by atoms with E-state index in [0.717, 1.165) is 13.0 Å². The fourth-order valence-electron chi connectivity index (χ4n) is 2.94. The Morgan fingerprint density at radius 1 is 1.29 bits per heavy atom. The van der Waals surface area contributed by atoms with Crippen molar-refractivity contribution in [1.29, 1.82) is 0 Å². The van der Waals surface area contributed by atoms with Crippen LogP contribution in [0, 0.1) is 23.7 Å². The molecule has 0 N–H and O–H groups in total. The summed E-state index contributed by atoms with van der Waals surface area (Å²) in [5.74, 6) is 1.68. The number of rotatable bonds is 1. The van der Waals surface area contributed by atoms with Crippen LogP contribution in [-0.2, 0) is 14.3 Å². The molecular formula is C11H18O3. The molecule has 1 saturated heterocycles. The molecule has 0 amide bonds. The lowest BCUT2D eigenvalue weighted by Crippen LogP contribution is -2.39. The summed E-state index contributed by atoms with van der Waals surface area (Å²) in [6.45, 7) is 3.65. The van der Waals surface area contributed by atoms with Crippen LogP contribution in [0.1, 0.15) is 19.8 Å². The minimum absolute atomic E-state index is 0.0105. The molecule has 0 aromatic carbocycles. The smallest absolute Gasteiger partial charge is 0.311 e. The predicted octanol–water partition coefficient (Wildman–Crippen LogP) is 1.47. The van der Waals surface area contributed by atoms with Gasteiger partial charge in [0.05, 0.1) is 19.6 Å².